The highest BCUT2D eigenvalue weighted by molar-refractivity contribution is 7.14. The lowest BCUT2D eigenvalue weighted by molar-refractivity contribution is -0.120. The molecular formula is C23H21N3O3S. The fraction of sp³-hybridized carbons (Fsp3) is 0.217. The van der Waals surface area contributed by atoms with Crippen molar-refractivity contribution in [3.8, 4) is 11.3 Å². The van der Waals surface area contributed by atoms with Gasteiger partial charge in [0.2, 0.25) is 5.91 Å². The topological polar surface area (TPSA) is 79.4 Å². The molecule has 2 aromatic carbocycles. The number of aromatic nitrogens is 1. The van der Waals surface area contributed by atoms with E-state index in [2.05, 4.69) is 10.3 Å². The van der Waals surface area contributed by atoms with E-state index >= 15 is 0 Å². The number of nitrogens with zero attached hydrogens (tertiary/aromatic N) is 2. The van der Waals surface area contributed by atoms with E-state index in [9.17, 15) is 14.4 Å². The normalized spacial score (nSPS) is 14.2. The number of thiazole rings is 1. The minimum atomic E-state index is -0.901. The van der Waals surface area contributed by atoms with Gasteiger partial charge in [-0.3, -0.25) is 19.3 Å². The van der Waals surface area contributed by atoms with Crippen molar-refractivity contribution in [2.24, 2.45) is 5.92 Å². The van der Waals surface area contributed by atoms with Gasteiger partial charge in [0, 0.05) is 10.9 Å². The molecule has 0 saturated carbocycles. The third kappa shape index (κ3) is 3.76. The van der Waals surface area contributed by atoms with Crippen LogP contribution in [-0.2, 0) is 4.79 Å². The Balaban J connectivity index is 1.58. The van der Waals surface area contributed by atoms with Crippen molar-refractivity contribution in [1.82, 2.24) is 9.88 Å². The number of imide groups is 1. The summed E-state index contributed by atoms with van der Waals surface area (Å²) in [6.07, 6.45) is 0.369. The second kappa shape index (κ2) is 8.20. The first-order valence-electron chi connectivity index (χ1n) is 9.74. The van der Waals surface area contributed by atoms with Gasteiger partial charge < -0.3 is 5.32 Å². The van der Waals surface area contributed by atoms with Gasteiger partial charge in [0.05, 0.1) is 16.8 Å². The molecule has 2 heterocycles. The summed E-state index contributed by atoms with van der Waals surface area (Å²) in [5.74, 6) is -1.16. The maximum absolute atomic E-state index is 13.1. The predicted molar refractivity (Wildman–Crippen MR) is 116 cm³/mol. The summed E-state index contributed by atoms with van der Waals surface area (Å²) < 4.78 is 0. The summed E-state index contributed by atoms with van der Waals surface area (Å²) >= 11 is 1.31. The number of anilines is 1. The Bertz CT molecular complexity index is 1070. The highest BCUT2D eigenvalue weighted by Gasteiger charge is 2.42. The number of carbonyl (C=O) groups excluding carboxylic acids is 3. The van der Waals surface area contributed by atoms with E-state index in [0.29, 0.717) is 22.7 Å². The molecule has 1 atom stereocenters. The van der Waals surface area contributed by atoms with E-state index in [1.807, 2.05) is 49.6 Å². The van der Waals surface area contributed by atoms with Crippen LogP contribution in [0, 0.1) is 5.92 Å². The smallest absolute Gasteiger partial charge is 0.262 e. The fourth-order valence-corrected chi connectivity index (χ4v) is 4.25. The zero-order chi connectivity index (χ0) is 21.3. The van der Waals surface area contributed by atoms with Crippen LogP contribution in [0.4, 0.5) is 5.13 Å². The van der Waals surface area contributed by atoms with E-state index in [1.54, 1.807) is 24.3 Å². The predicted octanol–water partition coefficient (Wildman–Crippen LogP) is 4.46. The molecule has 30 heavy (non-hydrogen) atoms. The van der Waals surface area contributed by atoms with Crippen molar-refractivity contribution < 1.29 is 14.4 Å². The summed E-state index contributed by atoms with van der Waals surface area (Å²) in [4.78, 5) is 44.5. The van der Waals surface area contributed by atoms with Gasteiger partial charge in [0.25, 0.3) is 11.8 Å². The molecule has 7 heteroatoms. The summed E-state index contributed by atoms with van der Waals surface area (Å²) in [5, 5.41) is 5.10. The molecule has 0 spiro atoms. The fourth-order valence-electron chi connectivity index (χ4n) is 3.53. The number of hydrogen-bond acceptors (Lipinski definition) is 5. The Hall–Kier alpha value is -3.32. The van der Waals surface area contributed by atoms with Gasteiger partial charge in [-0.05, 0) is 24.5 Å². The average Bonchev–Trinajstić information content (AvgIpc) is 3.30. The first-order valence-corrected chi connectivity index (χ1v) is 10.6. The Kier molecular flexibility index (Phi) is 5.46. The molecule has 4 rings (SSSR count). The van der Waals surface area contributed by atoms with Crippen molar-refractivity contribution in [2.45, 2.75) is 26.3 Å². The van der Waals surface area contributed by atoms with Crippen LogP contribution >= 0.6 is 11.3 Å². The zero-order valence-corrected chi connectivity index (χ0v) is 17.5. The molecule has 0 saturated heterocycles. The third-order valence-corrected chi connectivity index (χ3v) is 5.70. The number of carbonyl (C=O) groups is 3. The second-order valence-electron chi connectivity index (χ2n) is 7.56. The molecule has 3 aromatic rings. The second-order valence-corrected chi connectivity index (χ2v) is 8.42. The maximum atomic E-state index is 13.1. The van der Waals surface area contributed by atoms with Crippen molar-refractivity contribution >= 4 is 34.2 Å². The third-order valence-electron chi connectivity index (χ3n) is 4.94. The largest absolute Gasteiger partial charge is 0.300 e. The lowest BCUT2D eigenvalue weighted by atomic mass is 10.0. The highest BCUT2D eigenvalue weighted by Crippen LogP contribution is 2.29. The zero-order valence-electron chi connectivity index (χ0n) is 16.7. The van der Waals surface area contributed by atoms with Crippen LogP contribution in [-0.4, -0.2) is 33.6 Å². The molecule has 1 aliphatic heterocycles. The van der Waals surface area contributed by atoms with Crippen LogP contribution in [0.5, 0.6) is 0 Å². The molecule has 0 aliphatic carbocycles. The molecule has 0 bridgehead atoms. The number of benzene rings is 2. The van der Waals surface area contributed by atoms with Crippen LogP contribution in [0.3, 0.4) is 0 Å². The van der Waals surface area contributed by atoms with Gasteiger partial charge in [-0.2, -0.15) is 0 Å². The summed E-state index contributed by atoms with van der Waals surface area (Å²) in [6.45, 7) is 3.91. The van der Waals surface area contributed by atoms with E-state index in [-0.39, 0.29) is 5.92 Å². The summed E-state index contributed by atoms with van der Waals surface area (Å²) in [5.41, 5.74) is 2.39. The average molecular weight is 420 g/mol. The van der Waals surface area contributed by atoms with Gasteiger partial charge in [-0.15, -0.1) is 11.3 Å². The molecule has 6 nitrogen and oxygen atoms in total. The van der Waals surface area contributed by atoms with E-state index in [0.717, 1.165) is 16.2 Å². The van der Waals surface area contributed by atoms with Crippen molar-refractivity contribution in [3.05, 3.63) is 71.1 Å². The Morgan fingerprint density at radius 1 is 1.00 bits per heavy atom. The molecule has 1 aliphatic rings. The Morgan fingerprint density at radius 2 is 1.60 bits per heavy atom. The number of amides is 3. The van der Waals surface area contributed by atoms with Crippen LogP contribution in [0.15, 0.2) is 60.0 Å². The minimum Gasteiger partial charge on any atom is -0.300 e. The molecular weight excluding hydrogens is 398 g/mol. The van der Waals surface area contributed by atoms with Crippen molar-refractivity contribution in [2.75, 3.05) is 5.32 Å². The van der Waals surface area contributed by atoms with Gasteiger partial charge in [-0.25, -0.2) is 4.98 Å². The van der Waals surface area contributed by atoms with Crippen LogP contribution < -0.4 is 5.32 Å². The standard InChI is InChI=1S/C23H21N3O3S/c1-14(2)12-19(26-21(28)16-10-6-7-11-17(16)22(26)29)20(27)25-23-24-18(13-30-23)15-8-4-3-5-9-15/h3-11,13-14,19H,12H2,1-2H3,(H,24,25,27). The van der Waals surface area contributed by atoms with Crippen molar-refractivity contribution in [1.29, 1.82) is 0 Å². The Morgan fingerprint density at radius 3 is 2.20 bits per heavy atom. The molecule has 1 N–H and O–H groups in total. The van der Waals surface area contributed by atoms with Gasteiger partial charge in [0.1, 0.15) is 6.04 Å². The number of rotatable bonds is 6. The monoisotopic (exact) mass is 419 g/mol. The van der Waals surface area contributed by atoms with Crippen molar-refractivity contribution in [3.63, 3.8) is 0 Å². The number of hydrogen-bond donors (Lipinski definition) is 1. The molecule has 1 unspecified atom stereocenters. The van der Waals surface area contributed by atoms with E-state index in [4.69, 9.17) is 0 Å². The van der Waals surface area contributed by atoms with Gasteiger partial charge in [0.15, 0.2) is 5.13 Å². The van der Waals surface area contributed by atoms with Crippen LogP contribution in [0.2, 0.25) is 0 Å². The van der Waals surface area contributed by atoms with E-state index < -0.39 is 23.8 Å². The summed E-state index contributed by atoms with van der Waals surface area (Å²) in [6, 6.07) is 15.4. The Labute approximate surface area is 178 Å². The van der Waals surface area contributed by atoms with Gasteiger partial charge in [-0.1, -0.05) is 56.3 Å². The number of nitrogens with one attached hydrogen (secondary N) is 1. The maximum Gasteiger partial charge on any atom is 0.262 e. The first-order chi connectivity index (χ1) is 14.5. The minimum absolute atomic E-state index is 0.112. The highest BCUT2D eigenvalue weighted by atomic mass is 32.1. The lowest BCUT2D eigenvalue weighted by Crippen LogP contribution is -2.47. The first kappa shape index (κ1) is 20.0. The quantitative estimate of drug-likeness (QED) is 0.598. The molecule has 0 fully saturated rings. The molecule has 3 amide bonds. The molecule has 1 aromatic heterocycles. The lowest BCUT2D eigenvalue weighted by Gasteiger charge is -2.26. The number of fused-ring (bicyclic) bond motifs is 1. The summed E-state index contributed by atoms with van der Waals surface area (Å²) in [7, 11) is 0. The molecule has 0 radical (unpaired) electrons. The van der Waals surface area contributed by atoms with E-state index in [1.165, 1.54) is 11.3 Å². The molecule has 152 valence electrons. The van der Waals surface area contributed by atoms with Crippen LogP contribution in [0.25, 0.3) is 11.3 Å². The van der Waals surface area contributed by atoms with Gasteiger partial charge >= 0.3 is 0 Å². The SMILES string of the molecule is CC(C)CC(C(=O)Nc1nc(-c2ccccc2)cs1)N1C(=O)c2ccccc2C1=O. The van der Waals surface area contributed by atoms with Crippen LogP contribution in [0.1, 0.15) is 41.0 Å².